The van der Waals surface area contributed by atoms with E-state index in [1.807, 2.05) is 52.5 Å². The molecule has 14 heteroatoms. The lowest BCUT2D eigenvalue weighted by Crippen LogP contribution is -2.47. The van der Waals surface area contributed by atoms with E-state index < -0.39 is 12.1 Å². The van der Waals surface area contributed by atoms with Crippen molar-refractivity contribution in [3.05, 3.63) is 108 Å². The Morgan fingerprint density at radius 3 is 1.59 bits per heavy atom. The van der Waals surface area contributed by atoms with Gasteiger partial charge in [-0.2, -0.15) is 0 Å². The fraction of sp³-hybridized carbons (Fsp3) is 0.362. The van der Waals surface area contributed by atoms with E-state index in [-0.39, 0.29) is 47.5 Å². The number of nitrogens with zero attached hydrogens (tertiary/aromatic N) is 4. The minimum atomic E-state index is -0.724. The summed E-state index contributed by atoms with van der Waals surface area (Å²) in [6, 6.07) is 25.0. The molecule has 312 valence electrons. The number of benzene rings is 2. The minimum Gasteiger partial charge on any atom is -0.344 e. The standard InChI is InChI=1S/C47H48N8O4S2/c1-27(50-44(56)31-15-16-31)46(58)54-23-5-9-35(54)42-48-25-33(51-42)39-21-19-37(60-39)28-11-13-29(14-12-28)38-20-22-40(61-38)34-26-49-43(52-34)36-10-6-24-55(36)47(59)41(30-7-3-2-4-8-30)53-45(57)32-17-18-32/h2-4,7-8,11-14,19-22,25-27,31-32,35-36,41H,5-6,9-10,15-18,23-24H2,1H3,(H,48,51)(H,49,52)(H,50,56)(H,53,57)/t27-,35-,36-,41-/m0/s1. The topological polar surface area (TPSA) is 156 Å². The van der Waals surface area contributed by atoms with Gasteiger partial charge in [0.2, 0.25) is 23.6 Å². The first-order valence-corrected chi connectivity index (χ1v) is 23.1. The van der Waals surface area contributed by atoms with Gasteiger partial charge in [0.25, 0.3) is 0 Å². The van der Waals surface area contributed by atoms with Crippen molar-refractivity contribution in [2.75, 3.05) is 13.1 Å². The van der Waals surface area contributed by atoms with Gasteiger partial charge in [-0.15, -0.1) is 22.7 Å². The van der Waals surface area contributed by atoms with Crippen molar-refractivity contribution >= 4 is 46.3 Å². The number of aromatic amines is 2. The summed E-state index contributed by atoms with van der Waals surface area (Å²) in [5.74, 6) is 1.39. The molecule has 2 aliphatic heterocycles. The van der Waals surface area contributed by atoms with Crippen molar-refractivity contribution in [1.29, 1.82) is 0 Å². The van der Waals surface area contributed by atoms with Crippen molar-refractivity contribution in [3.8, 4) is 42.0 Å². The smallest absolute Gasteiger partial charge is 0.250 e. The SMILES string of the molecule is C[C@H](NC(=O)C1CC1)C(=O)N1CCC[C@H]1c1ncc(-c2ccc(-c3ccc(-c4ccc(-c5cnc([C@@H]6CCCN6C(=O)[C@@H](NC(=O)C6CC6)c6ccccc6)[nH]5)s4)cc3)s2)[nH]1. The van der Waals surface area contributed by atoms with Crippen LogP contribution in [0.2, 0.25) is 0 Å². The highest BCUT2D eigenvalue weighted by molar-refractivity contribution is 7.19. The number of carbonyl (C=O) groups excluding carboxylic acids is 4. The third-order valence-electron chi connectivity index (χ3n) is 12.4. The molecule has 4 atom stereocenters. The van der Waals surface area contributed by atoms with Crippen LogP contribution in [0.1, 0.15) is 93.6 Å². The maximum absolute atomic E-state index is 14.1. The van der Waals surface area contributed by atoms with E-state index >= 15 is 0 Å². The van der Waals surface area contributed by atoms with Gasteiger partial charge in [-0.05, 0) is 99.2 Å². The highest BCUT2D eigenvalue weighted by atomic mass is 32.1. The monoisotopic (exact) mass is 852 g/mol. The fourth-order valence-electron chi connectivity index (χ4n) is 8.66. The number of carbonyl (C=O) groups is 4. The van der Waals surface area contributed by atoms with Crippen LogP contribution in [0.4, 0.5) is 0 Å². The number of imidazole rings is 2. The average molecular weight is 853 g/mol. The fourth-order valence-corrected chi connectivity index (χ4v) is 10.6. The number of rotatable bonds is 13. The van der Waals surface area contributed by atoms with Gasteiger partial charge in [-0.1, -0.05) is 54.6 Å². The van der Waals surface area contributed by atoms with Crippen LogP contribution in [-0.2, 0) is 19.2 Å². The van der Waals surface area contributed by atoms with Gasteiger partial charge in [0.15, 0.2) is 0 Å². The first-order chi connectivity index (χ1) is 29.8. The molecule has 0 bridgehead atoms. The van der Waals surface area contributed by atoms with Crippen LogP contribution in [0.3, 0.4) is 0 Å². The van der Waals surface area contributed by atoms with Gasteiger partial charge in [0.1, 0.15) is 23.7 Å². The van der Waals surface area contributed by atoms with Crippen LogP contribution < -0.4 is 10.6 Å². The molecule has 4 amide bonds. The molecule has 6 aromatic rings. The highest BCUT2D eigenvalue weighted by Gasteiger charge is 2.40. The third-order valence-corrected chi connectivity index (χ3v) is 14.7. The Bertz CT molecular complexity index is 2570. The maximum atomic E-state index is 14.1. The second-order valence-corrected chi connectivity index (χ2v) is 18.9. The van der Waals surface area contributed by atoms with Crippen LogP contribution in [0.15, 0.2) is 91.3 Å². The van der Waals surface area contributed by atoms with Crippen LogP contribution >= 0.6 is 22.7 Å². The van der Waals surface area contributed by atoms with E-state index in [2.05, 4.69) is 69.1 Å². The van der Waals surface area contributed by atoms with E-state index in [0.717, 1.165) is 111 Å². The molecular formula is C47H48N8O4S2. The molecule has 2 saturated heterocycles. The molecule has 2 saturated carbocycles. The normalized spacial score (nSPS) is 19.8. The van der Waals surface area contributed by atoms with E-state index in [9.17, 15) is 19.2 Å². The van der Waals surface area contributed by atoms with E-state index in [1.54, 1.807) is 29.6 Å². The number of nitrogens with one attached hydrogen (secondary N) is 4. The molecule has 0 spiro atoms. The molecule has 12 nitrogen and oxygen atoms in total. The lowest BCUT2D eigenvalue weighted by atomic mass is 10.0. The van der Waals surface area contributed by atoms with Crippen LogP contribution in [-0.4, -0.2) is 72.5 Å². The predicted octanol–water partition coefficient (Wildman–Crippen LogP) is 8.43. The van der Waals surface area contributed by atoms with Crippen molar-refractivity contribution < 1.29 is 19.2 Å². The molecule has 4 aliphatic rings. The summed E-state index contributed by atoms with van der Waals surface area (Å²) in [6.45, 7) is 3.05. The predicted molar refractivity (Wildman–Crippen MR) is 236 cm³/mol. The van der Waals surface area contributed by atoms with E-state index in [1.165, 1.54) is 0 Å². The van der Waals surface area contributed by atoms with Crippen LogP contribution in [0.5, 0.6) is 0 Å². The molecule has 0 radical (unpaired) electrons. The molecule has 2 aliphatic carbocycles. The molecule has 4 aromatic heterocycles. The molecule has 4 fully saturated rings. The zero-order valence-electron chi connectivity index (χ0n) is 33.9. The first-order valence-electron chi connectivity index (χ1n) is 21.4. The molecule has 10 rings (SSSR count). The summed E-state index contributed by atoms with van der Waals surface area (Å²) in [5.41, 5.74) is 4.88. The Morgan fingerprint density at radius 2 is 1.08 bits per heavy atom. The van der Waals surface area contributed by atoms with Crippen molar-refractivity contribution in [1.82, 2.24) is 40.4 Å². The van der Waals surface area contributed by atoms with Crippen molar-refractivity contribution in [2.45, 2.75) is 82.5 Å². The largest absolute Gasteiger partial charge is 0.344 e. The van der Waals surface area contributed by atoms with Gasteiger partial charge < -0.3 is 30.4 Å². The Kier molecular flexibility index (Phi) is 10.7. The summed E-state index contributed by atoms with van der Waals surface area (Å²) in [5, 5.41) is 5.96. The Labute approximate surface area is 362 Å². The summed E-state index contributed by atoms with van der Waals surface area (Å²) in [6.07, 6.45) is 10.7. The third kappa shape index (κ3) is 8.18. The molecule has 6 heterocycles. The number of likely N-dealkylation sites (tertiary alicyclic amines) is 2. The average Bonchev–Trinajstić information content (AvgIpc) is 3.77. The number of amides is 4. The van der Waals surface area contributed by atoms with Gasteiger partial charge in [0, 0.05) is 34.7 Å². The zero-order chi connectivity index (χ0) is 41.6. The van der Waals surface area contributed by atoms with Crippen molar-refractivity contribution in [3.63, 3.8) is 0 Å². The second-order valence-electron chi connectivity index (χ2n) is 16.8. The molecular weight excluding hydrogens is 805 g/mol. The van der Waals surface area contributed by atoms with Crippen molar-refractivity contribution in [2.24, 2.45) is 11.8 Å². The molecule has 61 heavy (non-hydrogen) atoms. The van der Waals surface area contributed by atoms with Gasteiger partial charge in [-0.3, -0.25) is 19.2 Å². The second kappa shape index (κ2) is 16.5. The summed E-state index contributed by atoms with van der Waals surface area (Å²) < 4.78 is 0. The van der Waals surface area contributed by atoms with Crippen LogP contribution in [0, 0.1) is 11.8 Å². The van der Waals surface area contributed by atoms with Gasteiger partial charge >= 0.3 is 0 Å². The number of thiophene rings is 2. The van der Waals surface area contributed by atoms with E-state index in [4.69, 9.17) is 9.97 Å². The lowest BCUT2D eigenvalue weighted by molar-refractivity contribution is -0.138. The molecule has 2 aromatic carbocycles. The maximum Gasteiger partial charge on any atom is 0.250 e. The number of hydrogen-bond acceptors (Lipinski definition) is 8. The lowest BCUT2D eigenvalue weighted by Gasteiger charge is -2.28. The molecule has 4 N–H and O–H groups in total. The number of H-pyrrole nitrogens is 2. The summed E-state index contributed by atoms with van der Waals surface area (Å²) in [7, 11) is 0. The summed E-state index contributed by atoms with van der Waals surface area (Å²) >= 11 is 3.39. The van der Waals surface area contributed by atoms with Gasteiger partial charge in [-0.25, -0.2) is 9.97 Å². The number of hydrogen-bond donors (Lipinski definition) is 4. The molecule has 0 unspecified atom stereocenters. The highest BCUT2D eigenvalue weighted by Crippen LogP contribution is 2.40. The Balaban J connectivity index is 0.786. The summed E-state index contributed by atoms with van der Waals surface area (Å²) in [4.78, 5) is 77.3. The van der Waals surface area contributed by atoms with Crippen LogP contribution in [0.25, 0.3) is 42.0 Å². The Morgan fingerprint density at radius 1 is 0.607 bits per heavy atom. The quantitative estimate of drug-likeness (QED) is 0.0915. The number of aromatic nitrogens is 4. The van der Waals surface area contributed by atoms with E-state index in [0.29, 0.717) is 13.1 Å². The zero-order valence-corrected chi connectivity index (χ0v) is 35.6. The Hall–Kier alpha value is -5.86. The van der Waals surface area contributed by atoms with Gasteiger partial charge in [0.05, 0.1) is 45.6 Å². The minimum absolute atomic E-state index is 0.00603. The first kappa shape index (κ1) is 39.3.